The molecule has 9 nitrogen and oxygen atoms in total. The van der Waals surface area contributed by atoms with Crippen molar-refractivity contribution in [3.8, 4) is 0 Å². The van der Waals surface area contributed by atoms with E-state index in [4.69, 9.17) is 15.2 Å². The lowest BCUT2D eigenvalue weighted by Gasteiger charge is -2.23. The van der Waals surface area contributed by atoms with Crippen molar-refractivity contribution in [1.29, 1.82) is 0 Å². The summed E-state index contributed by atoms with van der Waals surface area (Å²) in [6, 6.07) is 0. The third kappa shape index (κ3) is 22.8. The molecule has 0 fully saturated rings. The van der Waals surface area contributed by atoms with E-state index in [1.54, 1.807) is 0 Å². The Balaban J connectivity index is 2.28. The van der Waals surface area contributed by atoms with E-state index < -0.39 is 10.9 Å². The van der Waals surface area contributed by atoms with Crippen LogP contribution in [0.2, 0.25) is 0 Å². The Morgan fingerprint density at radius 2 is 1.12 bits per heavy atom. The van der Waals surface area contributed by atoms with Crippen LogP contribution in [0.4, 0.5) is 11.4 Å². The van der Waals surface area contributed by atoms with Gasteiger partial charge in [-0.1, -0.05) is 111 Å². The van der Waals surface area contributed by atoms with Crippen LogP contribution < -0.4 is 21.9 Å². The number of nitrogens with two attached hydrogens (primary N) is 1. The number of hydrogen-bond acceptors (Lipinski definition) is 9. The first-order valence-electron chi connectivity index (χ1n) is 20.2. The quantitative estimate of drug-likeness (QED) is 0.0408. The van der Waals surface area contributed by atoms with Crippen molar-refractivity contribution < 1.29 is 19.1 Å². The summed E-state index contributed by atoms with van der Waals surface area (Å²) in [5, 5.41) is 3.04. The highest BCUT2D eigenvalue weighted by Crippen LogP contribution is 2.16. The van der Waals surface area contributed by atoms with Gasteiger partial charge in [0.2, 0.25) is 0 Å². The molecule has 0 aliphatic rings. The molecule has 9 heteroatoms. The molecule has 3 N–H and O–H groups in total. The summed E-state index contributed by atoms with van der Waals surface area (Å²) in [5.74, 6) is -0.0921. The summed E-state index contributed by atoms with van der Waals surface area (Å²) >= 11 is 0. The van der Waals surface area contributed by atoms with Crippen LogP contribution in [0.15, 0.2) is 9.59 Å². The normalized spacial score (nSPS) is 12.1. The average molecular weight is 692 g/mol. The Morgan fingerprint density at radius 3 is 1.76 bits per heavy atom. The monoisotopic (exact) mass is 692 g/mol. The topological polar surface area (TPSA) is 128 Å². The van der Waals surface area contributed by atoms with Crippen LogP contribution in [0, 0.1) is 0 Å². The first kappa shape index (κ1) is 44.6. The number of ether oxygens (including phenoxy) is 2. The van der Waals surface area contributed by atoms with Gasteiger partial charge in [0.25, 0.3) is 10.9 Å². The van der Waals surface area contributed by atoms with Gasteiger partial charge >= 0.3 is 11.9 Å². The predicted octanol–water partition coefficient (Wildman–Crippen LogP) is 8.85. The third-order valence-electron chi connectivity index (χ3n) is 9.43. The molecule has 0 saturated carbocycles. The maximum absolute atomic E-state index is 12.5. The van der Waals surface area contributed by atoms with Gasteiger partial charge in [-0.05, 0) is 77.4 Å². The maximum atomic E-state index is 12.5. The van der Waals surface area contributed by atoms with E-state index in [2.05, 4.69) is 31.0 Å². The van der Waals surface area contributed by atoms with Crippen LogP contribution in [0.3, 0.4) is 0 Å². The molecule has 0 aliphatic carbocycles. The number of nitrogens with one attached hydrogen (secondary N) is 1. The Kier molecular flexibility index (Phi) is 27.7. The van der Waals surface area contributed by atoms with Crippen molar-refractivity contribution >= 4 is 23.3 Å². The van der Waals surface area contributed by atoms with E-state index in [-0.39, 0.29) is 29.4 Å². The van der Waals surface area contributed by atoms with Crippen LogP contribution in [0.5, 0.6) is 0 Å². The average Bonchev–Trinajstić information content (AvgIpc) is 3.10. The van der Waals surface area contributed by atoms with Crippen LogP contribution in [-0.2, 0) is 19.1 Å². The fourth-order valence-corrected chi connectivity index (χ4v) is 6.23. The van der Waals surface area contributed by atoms with Crippen LogP contribution >= 0.6 is 0 Å². The molecule has 284 valence electrons. The summed E-state index contributed by atoms with van der Waals surface area (Å²) in [4.78, 5) is 50.0. The summed E-state index contributed by atoms with van der Waals surface area (Å²) in [7, 11) is 0. The Bertz CT molecular complexity index is 1040. The zero-order chi connectivity index (χ0) is 36.0. The molecule has 0 saturated heterocycles. The van der Waals surface area contributed by atoms with Gasteiger partial charge in [-0.3, -0.25) is 19.2 Å². The lowest BCUT2D eigenvalue weighted by Crippen LogP contribution is -2.37. The fourth-order valence-electron chi connectivity index (χ4n) is 6.23. The van der Waals surface area contributed by atoms with Crippen LogP contribution in [0.1, 0.15) is 181 Å². The highest BCUT2D eigenvalue weighted by atomic mass is 16.5. The molecule has 1 atom stereocenters. The number of unbranched alkanes of at least 4 members (excludes halogenated alkanes) is 15. The predicted molar refractivity (Wildman–Crippen MR) is 204 cm³/mol. The minimum absolute atomic E-state index is 0.0315. The standard InChI is InChI=1S/C40H73N3O6/c1-4-7-10-17-23-33-48-35(44)27-19-13-11-15-21-30-43(32-24-29-42-38-37(41)39(46)40(38)47)31-22-16-12-14-20-28-36(45)49-34(25-9-6-3)26-18-8-5-2/h34,42H,4-33,41H2,1-3H3. The fraction of sp³-hybridized carbons (Fsp3) is 0.850. The zero-order valence-electron chi connectivity index (χ0n) is 31.8. The second kappa shape index (κ2) is 30.4. The summed E-state index contributed by atoms with van der Waals surface area (Å²) in [5.41, 5.74) is 4.87. The molecule has 0 bridgehead atoms. The first-order valence-corrected chi connectivity index (χ1v) is 20.2. The SMILES string of the molecule is CCCCCCCOC(=O)CCCCCCCN(CCCCCCCC(=O)OC(CCCC)CCCCC)CCCNc1c(N)c(=O)c1=O. The van der Waals surface area contributed by atoms with E-state index in [1.807, 2.05) is 0 Å². The minimum atomic E-state index is -0.589. The van der Waals surface area contributed by atoms with Crippen molar-refractivity contribution in [2.24, 2.45) is 0 Å². The molecule has 0 spiro atoms. The first-order chi connectivity index (χ1) is 23.8. The van der Waals surface area contributed by atoms with Gasteiger partial charge in [-0.15, -0.1) is 0 Å². The minimum Gasteiger partial charge on any atom is -0.466 e. The third-order valence-corrected chi connectivity index (χ3v) is 9.43. The van der Waals surface area contributed by atoms with Gasteiger partial charge in [-0.2, -0.15) is 0 Å². The van der Waals surface area contributed by atoms with Gasteiger partial charge in [0.15, 0.2) is 0 Å². The van der Waals surface area contributed by atoms with Gasteiger partial charge < -0.3 is 25.4 Å². The van der Waals surface area contributed by atoms with Gasteiger partial charge in [0, 0.05) is 19.4 Å². The van der Waals surface area contributed by atoms with Gasteiger partial charge in [-0.25, -0.2) is 0 Å². The zero-order valence-corrected chi connectivity index (χ0v) is 31.8. The molecule has 0 aromatic heterocycles. The van der Waals surface area contributed by atoms with E-state index in [9.17, 15) is 19.2 Å². The van der Waals surface area contributed by atoms with Gasteiger partial charge in [0.05, 0.1) is 6.61 Å². The number of nitrogens with zero attached hydrogens (tertiary/aromatic N) is 1. The second-order valence-corrected chi connectivity index (χ2v) is 14.0. The van der Waals surface area contributed by atoms with E-state index in [0.717, 1.165) is 135 Å². The number of anilines is 2. The molecule has 0 radical (unpaired) electrons. The largest absolute Gasteiger partial charge is 0.466 e. The summed E-state index contributed by atoms with van der Waals surface area (Å²) in [6.45, 7) is 10.7. The van der Waals surface area contributed by atoms with Crippen LogP contribution in [0.25, 0.3) is 0 Å². The van der Waals surface area contributed by atoms with E-state index in [1.165, 1.54) is 32.1 Å². The Labute approximate surface area is 298 Å². The highest BCUT2D eigenvalue weighted by Gasteiger charge is 2.17. The summed E-state index contributed by atoms with van der Waals surface area (Å²) < 4.78 is 11.2. The highest BCUT2D eigenvalue weighted by molar-refractivity contribution is 5.71. The molecular formula is C40H73N3O6. The number of esters is 2. The number of rotatable bonds is 35. The molecule has 1 unspecified atom stereocenters. The molecule has 0 heterocycles. The maximum Gasteiger partial charge on any atom is 0.306 e. The van der Waals surface area contributed by atoms with Crippen LogP contribution in [-0.4, -0.2) is 55.7 Å². The molecule has 1 aromatic carbocycles. The van der Waals surface area contributed by atoms with Gasteiger partial charge in [0.1, 0.15) is 17.5 Å². The van der Waals surface area contributed by atoms with Crippen molar-refractivity contribution in [2.75, 3.05) is 43.8 Å². The van der Waals surface area contributed by atoms with Crippen molar-refractivity contribution in [2.45, 2.75) is 187 Å². The van der Waals surface area contributed by atoms with E-state index >= 15 is 0 Å². The van der Waals surface area contributed by atoms with E-state index in [0.29, 0.717) is 26.0 Å². The van der Waals surface area contributed by atoms with Crippen molar-refractivity contribution in [3.63, 3.8) is 0 Å². The smallest absolute Gasteiger partial charge is 0.306 e. The number of hydrogen-bond donors (Lipinski definition) is 2. The Hall–Kier alpha value is -2.42. The molecule has 49 heavy (non-hydrogen) atoms. The number of carbonyl (C=O) groups excluding carboxylic acids is 2. The number of nitrogen functional groups attached to an aromatic ring is 1. The lowest BCUT2D eigenvalue weighted by molar-refractivity contribution is -0.150. The summed E-state index contributed by atoms with van der Waals surface area (Å²) in [6.07, 6.45) is 26.1. The lowest BCUT2D eigenvalue weighted by atomic mass is 10.1. The molecule has 0 aliphatic heterocycles. The van der Waals surface area contributed by atoms with Crippen molar-refractivity contribution in [1.82, 2.24) is 4.90 Å². The molecular weight excluding hydrogens is 618 g/mol. The van der Waals surface area contributed by atoms with Crippen molar-refractivity contribution in [3.05, 3.63) is 20.4 Å². The second-order valence-electron chi connectivity index (χ2n) is 14.0. The number of carbonyl (C=O) groups is 2. The molecule has 0 amide bonds. The molecule has 1 rings (SSSR count). The Morgan fingerprint density at radius 1 is 0.612 bits per heavy atom. The molecule has 1 aromatic rings.